The van der Waals surface area contributed by atoms with Gasteiger partial charge in [0.1, 0.15) is 24.5 Å². The predicted molar refractivity (Wildman–Crippen MR) is 96.6 cm³/mol. The van der Waals surface area contributed by atoms with Gasteiger partial charge in [-0.2, -0.15) is 0 Å². The first-order chi connectivity index (χ1) is 12.8. The molecule has 0 bridgehead atoms. The second kappa shape index (κ2) is 6.94. The van der Waals surface area contributed by atoms with Gasteiger partial charge < -0.3 is 20.1 Å². The minimum Gasteiger partial charge on any atom is -0.464 e. The van der Waals surface area contributed by atoms with E-state index in [1.54, 1.807) is 12.2 Å². The first-order valence-electron chi connectivity index (χ1n) is 9.00. The van der Waals surface area contributed by atoms with Crippen molar-refractivity contribution in [1.82, 2.24) is 4.90 Å². The van der Waals surface area contributed by atoms with Gasteiger partial charge in [0, 0.05) is 31.9 Å². The van der Waals surface area contributed by atoms with Gasteiger partial charge in [-0.05, 0) is 19.1 Å². The van der Waals surface area contributed by atoms with Crippen molar-refractivity contribution in [1.29, 1.82) is 0 Å². The molecule has 0 unspecified atom stereocenters. The number of fused-ring (bicyclic) bond motifs is 1. The number of ether oxygens (including phenoxy) is 1. The quantitative estimate of drug-likeness (QED) is 0.499. The fourth-order valence-corrected chi connectivity index (χ4v) is 4.39. The fourth-order valence-electron chi connectivity index (χ4n) is 4.39. The number of carbonyl (C=O) groups excluding carboxylic acids is 3. The molecular formula is C19H26N3O5+. The molecule has 1 aromatic rings. The van der Waals surface area contributed by atoms with Gasteiger partial charge >= 0.3 is 5.97 Å². The lowest BCUT2D eigenvalue weighted by Crippen LogP contribution is -2.99. The number of anilines is 1. The van der Waals surface area contributed by atoms with Crippen molar-refractivity contribution < 1.29 is 29.5 Å². The molecular weight excluding hydrogens is 350 g/mol. The number of nitrogens with two attached hydrogens (primary N) is 1. The van der Waals surface area contributed by atoms with Crippen molar-refractivity contribution in [2.24, 2.45) is 11.8 Å². The van der Waals surface area contributed by atoms with E-state index in [1.165, 1.54) is 12.0 Å². The lowest BCUT2D eigenvalue weighted by atomic mass is 9.79. The maximum absolute atomic E-state index is 12.9. The maximum atomic E-state index is 12.9. The van der Waals surface area contributed by atoms with Crippen molar-refractivity contribution in [3.63, 3.8) is 0 Å². The van der Waals surface area contributed by atoms with Gasteiger partial charge in [0.15, 0.2) is 0 Å². The summed E-state index contributed by atoms with van der Waals surface area (Å²) in [5.41, 5.74) is 0.314. The fraction of sp³-hybridized carbons (Fsp3) is 0.526. The van der Waals surface area contributed by atoms with E-state index in [-0.39, 0.29) is 12.5 Å². The Kier molecular flexibility index (Phi) is 4.96. The third-order valence-electron chi connectivity index (χ3n) is 5.80. The zero-order valence-corrected chi connectivity index (χ0v) is 16.0. The van der Waals surface area contributed by atoms with Crippen LogP contribution >= 0.6 is 0 Å². The Balaban J connectivity index is 2.09. The van der Waals surface area contributed by atoms with E-state index in [0.717, 1.165) is 11.3 Å². The van der Waals surface area contributed by atoms with Gasteiger partial charge in [-0.25, -0.2) is 4.79 Å². The van der Waals surface area contributed by atoms with Gasteiger partial charge in [0.05, 0.1) is 7.11 Å². The van der Waals surface area contributed by atoms with E-state index in [4.69, 9.17) is 4.74 Å². The lowest BCUT2D eigenvalue weighted by molar-refractivity contribution is -0.735. The van der Waals surface area contributed by atoms with Gasteiger partial charge in [-0.15, -0.1) is 0 Å². The molecule has 0 saturated carbocycles. The average molecular weight is 376 g/mol. The monoisotopic (exact) mass is 376 g/mol. The molecule has 2 aliphatic rings. The third-order valence-corrected chi connectivity index (χ3v) is 5.80. The number of amides is 2. The Labute approximate surface area is 158 Å². The van der Waals surface area contributed by atoms with E-state index in [1.807, 2.05) is 43.3 Å². The maximum Gasteiger partial charge on any atom is 0.371 e. The van der Waals surface area contributed by atoms with Crippen LogP contribution in [0.1, 0.15) is 18.5 Å². The summed E-state index contributed by atoms with van der Waals surface area (Å²) < 4.78 is 4.90. The molecule has 3 rings (SSSR count). The number of quaternary nitrogens is 1. The van der Waals surface area contributed by atoms with E-state index in [9.17, 15) is 19.5 Å². The Morgan fingerprint density at radius 1 is 1.26 bits per heavy atom. The number of nitrogens with zero attached hydrogens (tertiary/aromatic N) is 2. The third kappa shape index (κ3) is 2.71. The molecule has 2 aliphatic heterocycles. The number of aliphatic hydroxyl groups excluding tert-OH is 1. The number of hydrogen-bond acceptors (Lipinski definition) is 6. The van der Waals surface area contributed by atoms with Gasteiger partial charge in [-0.3, -0.25) is 14.5 Å². The second-order valence-electron chi connectivity index (χ2n) is 7.29. The van der Waals surface area contributed by atoms with Crippen molar-refractivity contribution in [3.05, 3.63) is 29.8 Å². The van der Waals surface area contributed by atoms with Crippen LogP contribution in [0.3, 0.4) is 0 Å². The highest BCUT2D eigenvalue weighted by Gasteiger charge is 2.72. The van der Waals surface area contributed by atoms with Crippen LogP contribution in [-0.2, 0) is 19.1 Å². The van der Waals surface area contributed by atoms with Crippen LogP contribution in [0, 0.1) is 11.8 Å². The number of methoxy groups -OCH3 is 1. The molecule has 8 heteroatoms. The minimum absolute atomic E-state index is 0.236. The van der Waals surface area contributed by atoms with Crippen LogP contribution in [0.25, 0.3) is 0 Å². The number of carbonyl (C=O) groups is 3. The largest absolute Gasteiger partial charge is 0.464 e. The zero-order valence-electron chi connectivity index (χ0n) is 16.0. The molecule has 2 saturated heterocycles. The SMILES string of the molecule is CCN1C(=O)[C@@H]2[C@@H](C1=O)[C@](CO)(C(=O)OC)[NH2+][C@H]2c1ccc(N(C)C)cc1. The number of aliphatic hydroxyl groups is 1. The number of benzene rings is 1. The number of hydrogen-bond donors (Lipinski definition) is 2. The van der Waals surface area contributed by atoms with E-state index in [0.29, 0.717) is 0 Å². The summed E-state index contributed by atoms with van der Waals surface area (Å²) >= 11 is 0. The standard InChI is InChI=1S/C19H25N3O5/c1-5-22-16(24)13-14(17(22)25)19(10-23,18(26)27-4)20-15(13)11-6-8-12(9-7-11)21(2)3/h6-9,13-15,20,23H,5,10H2,1-4H3/p+1/t13-,14+,15+,19-/m1/s1. The number of esters is 1. The Bertz CT molecular complexity index is 763. The Hall–Kier alpha value is -2.45. The average Bonchev–Trinajstić information content (AvgIpc) is 3.15. The number of rotatable bonds is 5. The van der Waals surface area contributed by atoms with Crippen LogP contribution in [0.15, 0.2) is 24.3 Å². The summed E-state index contributed by atoms with van der Waals surface area (Å²) in [4.78, 5) is 41.6. The molecule has 4 atom stereocenters. The van der Waals surface area contributed by atoms with Crippen LogP contribution < -0.4 is 10.2 Å². The van der Waals surface area contributed by atoms with E-state index in [2.05, 4.69) is 0 Å². The van der Waals surface area contributed by atoms with Crippen molar-refractivity contribution in [2.45, 2.75) is 18.5 Å². The minimum atomic E-state index is -1.51. The summed E-state index contributed by atoms with van der Waals surface area (Å²) in [6.07, 6.45) is 0. The first kappa shape index (κ1) is 19.3. The molecule has 0 radical (unpaired) electrons. The van der Waals surface area contributed by atoms with Crippen molar-refractivity contribution >= 4 is 23.5 Å². The Morgan fingerprint density at radius 2 is 1.89 bits per heavy atom. The van der Waals surface area contributed by atoms with Gasteiger partial charge in [0.2, 0.25) is 17.4 Å². The molecule has 2 fully saturated rings. The van der Waals surface area contributed by atoms with Crippen molar-refractivity contribution in [2.75, 3.05) is 39.3 Å². The highest BCUT2D eigenvalue weighted by Crippen LogP contribution is 2.44. The predicted octanol–water partition coefficient (Wildman–Crippen LogP) is -1.10. The first-order valence-corrected chi connectivity index (χ1v) is 9.00. The molecule has 1 aromatic carbocycles. The topological polar surface area (TPSA) is 104 Å². The zero-order chi connectivity index (χ0) is 19.9. The molecule has 0 spiro atoms. The molecule has 0 aromatic heterocycles. The smallest absolute Gasteiger partial charge is 0.371 e. The molecule has 0 aliphatic carbocycles. The molecule has 3 N–H and O–H groups in total. The Morgan fingerprint density at radius 3 is 2.37 bits per heavy atom. The molecule has 146 valence electrons. The van der Waals surface area contributed by atoms with Crippen LogP contribution in [0.4, 0.5) is 5.69 Å². The van der Waals surface area contributed by atoms with Crippen LogP contribution in [0.5, 0.6) is 0 Å². The summed E-state index contributed by atoms with van der Waals surface area (Å²) in [7, 11) is 5.08. The van der Waals surface area contributed by atoms with Crippen molar-refractivity contribution in [3.8, 4) is 0 Å². The number of imide groups is 1. The van der Waals surface area contributed by atoms with E-state index < -0.39 is 41.9 Å². The molecule has 2 amide bonds. The summed E-state index contributed by atoms with van der Waals surface area (Å²) in [6, 6.07) is 7.18. The summed E-state index contributed by atoms with van der Waals surface area (Å²) in [5, 5.41) is 11.7. The normalized spacial score (nSPS) is 29.8. The second-order valence-corrected chi connectivity index (χ2v) is 7.29. The summed E-state index contributed by atoms with van der Waals surface area (Å²) in [6.45, 7) is 1.38. The van der Waals surface area contributed by atoms with Crippen LogP contribution in [0.2, 0.25) is 0 Å². The lowest BCUT2D eigenvalue weighted by Gasteiger charge is -2.27. The molecule has 8 nitrogen and oxygen atoms in total. The van der Waals surface area contributed by atoms with E-state index >= 15 is 0 Å². The molecule has 27 heavy (non-hydrogen) atoms. The van der Waals surface area contributed by atoms with Gasteiger partial charge in [-0.1, -0.05) is 12.1 Å². The molecule has 2 heterocycles. The van der Waals surface area contributed by atoms with Gasteiger partial charge in [0.25, 0.3) is 0 Å². The highest BCUT2D eigenvalue weighted by atomic mass is 16.5. The number of likely N-dealkylation sites (tertiary alicyclic amines) is 1. The summed E-state index contributed by atoms with van der Waals surface area (Å²) in [5.74, 6) is -3.07. The van der Waals surface area contributed by atoms with Crippen LogP contribution in [-0.4, -0.2) is 67.7 Å². The highest BCUT2D eigenvalue weighted by molar-refractivity contribution is 6.08.